The highest BCUT2D eigenvalue weighted by Crippen LogP contribution is 2.25. The van der Waals surface area contributed by atoms with E-state index >= 15 is 0 Å². The molecule has 0 unspecified atom stereocenters. The summed E-state index contributed by atoms with van der Waals surface area (Å²) >= 11 is 0. The second-order valence-corrected chi connectivity index (χ2v) is 8.79. The molecule has 0 aliphatic rings. The highest BCUT2D eigenvalue weighted by molar-refractivity contribution is 7.92. The van der Waals surface area contributed by atoms with Crippen molar-refractivity contribution >= 4 is 39.2 Å². The number of nitrogens with zero attached hydrogens (tertiary/aromatic N) is 1. The molecule has 0 spiro atoms. The number of carbonyl (C=O) groups is 3. The predicted molar refractivity (Wildman–Crippen MR) is 122 cm³/mol. The third-order valence-corrected chi connectivity index (χ3v) is 5.78. The van der Waals surface area contributed by atoms with E-state index in [1.807, 2.05) is 6.92 Å². The van der Waals surface area contributed by atoms with E-state index in [2.05, 4.69) is 14.8 Å². The van der Waals surface area contributed by atoms with E-state index in [4.69, 9.17) is 4.74 Å². The molecule has 0 heterocycles. The Hall–Kier alpha value is -3.60. The second kappa shape index (κ2) is 10.8. The van der Waals surface area contributed by atoms with Gasteiger partial charge >= 0.3 is 11.9 Å². The van der Waals surface area contributed by atoms with Gasteiger partial charge in [0.15, 0.2) is 0 Å². The van der Waals surface area contributed by atoms with Gasteiger partial charge in [0, 0.05) is 5.69 Å². The standard InChI is InChI=1S/C22H26N2O8S/c1-6-32-19-9-7-18(8-10-19)24(33(5,28)29)14(2)20(25)23-17-12-15(21(26)30-3)11-16(13-17)22(27)31-4/h7-14H,6H2,1-5H3,(H,23,25)/t14-/m1/s1. The monoisotopic (exact) mass is 478 g/mol. The molecule has 0 bridgehead atoms. The van der Waals surface area contributed by atoms with Crippen LogP contribution in [0.3, 0.4) is 0 Å². The molecule has 0 radical (unpaired) electrons. The number of hydrogen-bond acceptors (Lipinski definition) is 8. The lowest BCUT2D eigenvalue weighted by Crippen LogP contribution is -2.45. The zero-order chi connectivity index (χ0) is 24.8. The van der Waals surface area contributed by atoms with Crippen molar-refractivity contribution < 1.29 is 37.0 Å². The van der Waals surface area contributed by atoms with Crippen molar-refractivity contribution in [1.29, 1.82) is 0 Å². The number of carbonyl (C=O) groups excluding carboxylic acids is 3. The van der Waals surface area contributed by atoms with E-state index in [9.17, 15) is 22.8 Å². The topological polar surface area (TPSA) is 128 Å². The van der Waals surface area contributed by atoms with Crippen molar-refractivity contribution in [3.63, 3.8) is 0 Å². The summed E-state index contributed by atoms with van der Waals surface area (Å²) in [4.78, 5) is 36.9. The van der Waals surface area contributed by atoms with Crippen LogP contribution in [-0.2, 0) is 24.3 Å². The maximum atomic E-state index is 13.0. The summed E-state index contributed by atoms with van der Waals surface area (Å²) in [6, 6.07) is 8.98. The number of benzene rings is 2. The van der Waals surface area contributed by atoms with Crippen molar-refractivity contribution in [2.45, 2.75) is 19.9 Å². The number of anilines is 2. The number of nitrogens with one attached hydrogen (secondary N) is 1. The summed E-state index contributed by atoms with van der Waals surface area (Å²) in [7, 11) is -1.50. The van der Waals surface area contributed by atoms with Gasteiger partial charge in [0.2, 0.25) is 15.9 Å². The molecule has 1 amide bonds. The highest BCUT2D eigenvalue weighted by atomic mass is 32.2. The Kier molecular flexibility index (Phi) is 8.41. The first-order valence-corrected chi connectivity index (χ1v) is 11.7. The van der Waals surface area contributed by atoms with E-state index in [1.54, 1.807) is 12.1 Å². The molecule has 10 nitrogen and oxygen atoms in total. The lowest BCUT2D eigenvalue weighted by Gasteiger charge is -2.28. The fourth-order valence-electron chi connectivity index (χ4n) is 3.08. The summed E-state index contributed by atoms with van der Waals surface area (Å²) in [6.45, 7) is 3.69. The van der Waals surface area contributed by atoms with Crippen LogP contribution in [0.4, 0.5) is 11.4 Å². The van der Waals surface area contributed by atoms with Crippen LogP contribution in [-0.4, -0.2) is 59.4 Å². The van der Waals surface area contributed by atoms with Crippen LogP contribution in [0.25, 0.3) is 0 Å². The van der Waals surface area contributed by atoms with Crippen molar-refractivity contribution in [2.24, 2.45) is 0 Å². The molecular weight excluding hydrogens is 452 g/mol. The van der Waals surface area contributed by atoms with E-state index in [-0.39, 0.29) is 22.5 Å². The Morgan fingerprint density at radius 2 is 1.48 bits per heavy atom. The maximum Gasteiger partial charge on any atom is 0.337 e. The summed E-state index contributed by atoms with van der Waals surface area (Å²) in [5, 5.41) is 2.55. The van der Waals surface area contributed by atoms with Gasteiger partial charge in [-0.1, -0.05) is 0 Å². The summed E-state index contributed by atoms with van der Waals surface area (Å²) in [5.74, 6) is -1.58. The van der Waals surface area contributed by atoms with Crippen molar-refractivity contribution in [2.75, 3.05) is 36.7 Å². The molecule has 0 aliphatic heterocycles. The minimum Gasteiger partial charge on any atom is -0.494 e. The molecule has 2 aromatic carbocycles. The summed E-state index contributed by atoms with van der Waals surface area (Å²) in [6.07, 6.45) is 0.987. The number of methoxy groups -OCH3 is 2. The number of sulfonamides is 1. The Balaban J connectivity index is 2.38. The lowest BCUT2D eigenvalue weighted by molar-refractivity contribution is -0.116. The molecule has 0 aliphatic carbocycles. The fraction of sp³-hybridized carbons (Fsp3) is 0.318. The van der Waals surface area contributed by atoms with Gasteiger partial charge in [-0.05, 0) is 56.3 Å². The first kappa shape index (κ1) is 25.7. The third kappa shape index (κ3) is 6.45. The third-order valence-electron chi connectivity index (χ3n) is 4.53. The normalized spacial score (nSPS) is 11.8. The molecule has 0 saturated carbocycles. The molecule has 1 N–H and O–H groups in total. The Bertz CT molecular complexity index is 1100. The molecule has 1 atom stereocenters. The second-order valence-electron chi connectivity index (χ2n) is 6.93. The van der Waals surface area contributed by atoms with Crippen molar-refractivity contribution in [1.82, 2.24) is 0 Å². The lowest BCUT2D eigenvalue weighted by atomic mass is 10.1. The Morgan fingerprint density at radius 1 is 0.970 bits per heavy atom. The molecular formula is C22H26N2O8S. The van der Waals surface area contributed by atoms with E-state index in [1.165, 1.54) is 51.5 Å². The minimum atomic E-state index is -3.85. The van der Waals surface area contributed by atoms with Gasteiger partial charge in [-0.15, -0.1) is 0 Å². The predicted octanol–water partition coefficient (Wildman–Crippen LogP) is 2.45. The molecule has 2 aromatic rings. The van der Waals surface area contributed by atoms with Gasteiger partial charge in [0.25, 0.3) is 0 Å². The van der Waals surface area contributed by atoms with Crippen molar-refractivity contribution in [3.05, 3.63) is 53.6 Å². The van der Waals surface area contributed by atoms with Crippen LogP contribution in [0.5, 0.6) is 5.75 Å². The first-order valence-electron chi connectivity index (χ1n) is 9.86. The van der Waals surface area contributed by atoms with Gasteiger partial charge in [0.1, 0.15) is 11.8 Å². The average molecular weight is 479 g/mol. The van der Waals surface area contributed by atoms with Gasteiger partial charge in [-0.25, -0.2) is 18.0 Å². The van der Waals surface area contributed by atoms with Crippen LogP contribution in [0.2, 0.25) is 0 Å². The van der Waals surface area contributed by atoms with Crippen LogP contribution in [0.15, 0.2) is 42.5 Å². The zero-order valence-corrected chi connectivity index (χ0v) is 19.8. The minimum absolute atomic E-state index is 0.00911. The SMILES string of the molecule is CCOc1ccc(N([C@H](C)C(=O)Nc2cc(C(=O)OC)cc(C(=O)OC)c2)S(C)(=O)=O)cc1. The summed E-state index contributed by atoms with van der Waals surface area (Å²) in [5.41, 5.74) is 0.377. The van der Waals surface area contributed by atoms with Crippen LogP contribution >= 0.6 is 0 Å². The largest absolute Gasteiger partial charge is 0.494 e. The molecule has 0 aromatic heterocycles. The van der Waals surface area contributed by atoms with E-state index in [0.29, 0.717) is 12.4 Å². The van der Waals surface area contributed by atoms with Gasteiger partial charge in [-0.2, -0.15) is 0 Å². The van der Waals surface area contributed by atoms with Crippen LogP contribution in [0.1, 0.15) is 34.6 Å². The quantitative estimate of drug-likeness (QED) is 0.544. The van der Waals surface area contributed by atoms with Gasteiger partial charge in [0.05, 0.1) is 43.9 Å². The Labute approximate surface area is 192 Å². The van der Waals surface area contributed by atoms with Crippen molar-refractivity contribution in [3.8, 4) is 5.75 Å². The number of ether oxygens (including phenoxy) is 3. The zero-order valence-electron chi connectivity index (χ0n) is 18.9. The molecule has 178 valence electrons. The number of esters is 2. The summed E-state index contributed by atoms with van der Waals surface area (Å²) < 4.78 is 40.7. The van der Waals surface area contributed by atoms with Crippen LogP contribution < -0.4 is 14.4 Å². The molecule has 2 rings (SSSR count). The maximum absolute atomic E-state index is 13.0. The van der Waals surface area contributed by atoms with E-state index < -0.39 is 33.9 Å². The fourth-order valence-corrected chi connectivity index (χ4v) is 4.26. The first-order chi connectivity index (χ1) is 15.5. The van der Waals surface area contributed by atoms with Crippen LogP contribution in [0, 0.1) is 0 Å². The van der Waals surface area contributed by atoms with Gasteiger partial charge < -0.3 is 19.5 Å². The van der Waals surface area contributed by atoms with Gasteiger partial charge in [-0.3, -0.25) is 9.10 Å². The Morgan fingerprint density at radius 3 is 1.91 bits per heavy atom. The highest BCUT2D eigenvalue weighted by Gasteiger charge is 2.29. The molecule has 33 heavy (non-hydrogen) atoms. The number of rotatable bonds is 9. The molecule has 0 saturated heterocycles. The molecule has 11 heteroatoms. The molecule has 0 fully saturated rings. The number of amides is 1. The smallest absolute Gasteiger partial charge is 0.337 e. The number of hydrogen-bond donors (Lipinski definition) is 1. The van der Waals surface area contributed by atoms with E-state index in [0.717, 1.165) is 10.6 Å². The average Bonchev–Trinajstić information content (AvgIpc) is 2.78.